The van der Waals surface area contributed by atoms with E-state index in [2.05, 4.69) is 20.8 Å². The summed E-state index contributed by atoms with van der Waals surface area (Å²) >= 11 is 1.40. The van der Waals surface area contributed by atoms with Gasteiger partial charge in [-0.05, 0) is 41.5 Å². The first-order chi connectivity index (χ1) is 11.6. The van der Waals surface area contributed by atoms with Crippen LogP contribution >= 0.6 is 11.8 Å². The first kappa shape index (κ1) is 16.7. The lowest BCUT2D eigenvalue weighted by atomic mass is 10.2. The van der Waals surface area contributed by atoms with Crippen molar-refractivity contribution in [1.29, 1.82) is 0 Å². The molecule has 24 heavy (non-hydrogen) atoms. The zero-order valence-corrected chi connectivity index (χ0v) is 14.2. The Kier molecular flexibility index (Phi) is 5.29. The van der Waals surface area contributed by atoms with Gasteiger partial charge in [0.05, 0.1) is 5.69 Å². The smallest absolute Gasteiger partial charge is 0.225 e. The van der Waals surface area contributed by atoms with Gasteiger partial charge in [-0.15, -0.1) is 5.10 Å². The Morgan fingerprint density at radius 1 is 1.38 bits per heavy atom. The van der Waals surface area contributed by atoms with Crippen LogP contribution in [0.3, 0.4) is 0 Å². The molecule has 9 heteroatoms. The van der Waals surface area contributed by atoms with Crippen LogP contribution in [0.25, 0.3) is 0 Å². The molecule has 3 rings (SSSR count). The second-order valence-electron chi connectivity index (χ2n) is 5.59. The average Bonchev–Trinajstić information content (AvgIpc) is 3.20. The maximum absolute atomic E-state index is 14.2. The van der Waals surface area contributed by atoms with Crippen molar-refractivity contribution in [2.24, 2.45) is 7.05 Å². The third-order valence-electron chi connectivity index (χ3n) is 3.82. The number of carbonyl (C=O) groups excluding carboxylic acids is 1. The second-order valence-corrected chi connectivity index (χ2v) is 6.65. The van der Waals surface area contributed by atoms with Crippen LogP contribution < -0.4 is 10.2 Å². The molecule has 2 heterocycles. The van der Waals surface area contributed by atoms with Crippen molar-refractivity contribution in [1.82, 2.24) is 20.2 Å². The molecule has 1 saturated heterocycles. The minimum absolute atomic E-state index is 0.161. The van der Waals surface area contributed by atoms with Gasteiger partial charge >= 0.3 is 0 Å². The Hall–Kier alpha value is -2.16. The molecule has 0 unspecified atom stereocenters. The molecule has 1 aromatic carbocycles. The zero-order chi connectivity index (χ0) is 16.9. The lowest BCUT2D eigenvalue weighted by molar-refractivity contribution is -0.115. The molecule has 0 radical (unpaired) electrons. The maximum Gasteiger partial charge on any atom is 0.225 e. The summed E-state index contributed by atoms with van der Waals surface area (Å²) in [5.41, 5.74) is 1.08. The number of tetrazole rings is 1. The van der Waals surface area contributed by atoms with Crippen molar-refractivity contribution in [2.75, 3.05) is 29.1 Å². The first-order valence-electron chi connectivity index (χ1n) is 7.83. The molecular formula is C15H19FN6OS. The van der Waals surface area contributed by atoms with Gasteiger partial charge in [-0.2, -0.15) is 0 Å². The molecule has 7 nitrogen and oxygen atoms in total. The minimum Gasteiger partial charge on any atom is -0.369 e. The standard InChI is InChI=1S/C15H19FN6OS/c1-21-15(18-19-20-21)24-9-6-14(23)17-11-4-5-13(12(16)10-11)22-7-2-3-8-22/h4-5,10H,2-3,6-9H2,1H3,(H,17,23). The van der Waals surface area contributed by atoms with E-state index < -0.39 is 0 Å². The fourth-order valence-electron chi connectivity index (χ4n) is 2.60. The Bertz CT molecular complexity index is 716. The van der Waals surface area contributed by atoms with Crippen LogP contribution in [0, 0.1) is 5.82 Å². The number of carbonyl (C=O) groups is 1. The lowest BCUT2D eigenvalue weighted by Gasteiger charge is -2.18. The fourth-order valence-corrected chi connectivity index (χ4v) is 3.39. The normalized spacial score (nSPS) is 14.2. The number of hydrogen-bond acceptors (Lipinski definition) is 6. The molecule has 1 N–H and O–H groups in total. The fraction of sp³-hybridized carbons (Fsp3) is 0.467. The first-order valence-corrected chi connectivity index (χ1v) is 8.81. The zero-order valence-electron chi connectivity index (χ0n) is 13.4. The number of benzene rings is 1. The van der Waals surface area contributed by atoms with E-state index in [0.717, 1.165) is 25.9 Å². The van der Waals surface area contributed by atoms with E-state index in [1.165, 1.54) is 17.8 Å². The van der Waals surface area contributed by atoms with Crippen LogP contribution in [0.1, 0.15) is 19.3 Å². The summed E-state index contributed by atoms with van der Waals surface area (Å²) in [6.07, 6.45) is 2.49. The highest BCUT2D eigenvalue weighted by Crippen LogP contribution is 2.26. The van der Waals surface area contributed by atoms with E-state index in [4.69, 9.17) is 0 Å². The van der Waals surface area contributed by atoms with Gasteiger partial charge in [0.25, 0.3) is 0 Å². The van der Waals surface area contributed by atoms with Gasteiger partial charge in [0.15, 0.2) is 0 Å². The molecule has 1 aliphatic rings. The van der Waals surface area contributed by atoms with Gasteiger partial charge < -0.3 is 10.2 Å². The highest BCUT2D eigenvalue weighted by Gasteiger charge is 2.16. The van der Waals surface area contributed by atoms with Crippen LogP contribution in [0.4, 0.5) is 15.8 Å². The van der Waals surface area contributed by atoms with Crippen molar-refractivity contribution in [3.8, 4) is 0 Å². The van der Waals surface area contributed by atoms with Gasteiger partial charge in [-0.25, -0.2) is 9.07 Å². The molecule has 2 aromatic rings. The number of thioether (sulfide) groups is 1. The molecule has 1 amide bonds. The Morgan fingerprint density at radius 2 is 2.17 bits per heavy atom. The van der Waals surface area contributed by atoms with Crippen molar-refractivity contribution in [3.63, 3.8) is 0 Å². The van der Waals surface area contributed by atoms with Crippen LogP contribution in [0.5, 0.6) is 0 Å². The topological polar surface area (TPSA) is 75.9 Å². The van der Waals surface area contributed by atoms with Crippen molar-refractivity contribution in [3.05, 3.63) is 24.0 Å². The number of aryl methyl sites for hydroxylation is 1. The highest BCUT2D eigenvalue weighted by atomic mass is 32.2. The third-order valence-corrected chi connectivity index (χ3v) is 4.83. The van der Waals surface area contributed by atoms with E-state index in [9.17, 15) is 9.18 Å². The molecule has 0 saturated carbocycles. The summed E-state index contributed by atoms with van der Waals surface area (Å²) in [6.45, 7) is 1.77. The highest BCUT2D eigenvalue weighted by molar-refractivity contribution is 7.99. The van der Waals surface area contributed by atoms with E-state index >= 15 is 0 Å². The van der Waals surface area contributed by atoms with E-state index in [-0.39, 0.29) is 11.7 Å². The molecule has 0 bridgehead atoms. The number of nitrogens with zero attached hydrogens (tertiary/aromatic N) is 5. The number of nitrogens with one attached hydrogen (secondary N) is 1. The van der Waals surface area contributed by atoms with Crippen LogP contribution in [0.2, 0.25) is 0 Å². The lowest BCUT2D eigenvalue weighted by Crippen LogP contribution is -2.19. The predicted octanol–water partition coefficient (Wildman–Crippen LogP) is 2.07. The number of anilines is 2. The number of rotatable bonds is 6. The van der Waals surface area contributed by atoms with Gasteiger partial charge in [0.2, 0.25) is 11.1 Å². The summed E-state index contributed by atoms with van der Waals surface area (Å²) in [7, 11) is 1.74. The van der Waals surface area contributed by atoms with Gasteiger partial charge in [-0.1, -0.05) is 11.8 Å². The number of amides is 1. The monoisotopic (exact) mass is 350 g/mol. The van der Waals surface area contributed by atoms with Crippen LogP contribution in [-0.4, -0.2) is 45.0 Å². The number of aromatic nitrogens is 4. The summed E-state index contributed by atoms with van der Waals surface area (Å²) in [5.74, 6) is 0.0918. The van der Waals surface area contributed by atoms with Gasteiger partial charge in [0, 0.05) is 38.0 Å². The van der Waals surface area contributed by atoms with E-state index in [1.54, 1.807) is 23.9 Å². The summed E-state index contributed by atoms with van der Waals surface area (Å²) in [4.78, 5) is 14.0. The number of halogens is 1. The summed E-state index contributed by atoms with van der Waals surface area (Å²) in [5, 5.41) is 14.5. The van der Waals surface area contributed by atoms with Gasteiger partial charge in [0.1, 0.15) is 5.82 Å². The molecule has 1 aromatic heterocycles. The third kappa shape index (κ3) is 4.02. The van der Waals surface area contributed by atoms with Crippen molar-refractivity contribution < 1.29 is 9.18 Å². The Labute approximate surface area is 143 Å². The second kappa shape index (κ2) is 7.61. The molecule has 0 atom stereocenters. The molecule has 1 aliphatic heterocycles. The van der Waals surface area contributed by atoms with E-state index in [1.807, 2.05) is 4.90 Å². The molecule has 0 spiro atoms. The van der Waals surface area contributed by atoms with E-state index in [0.29, 0.717) is 28.7 Å². The predicted molar refractivity (Wildman–Crippen MR) is 90.6 cm³/mol. The molecule has 128 valence electrons. The Morgan fingerprint density at radius 3 is 2.83 bits per heavy atom. The molecule has 0 aliphatic carbocycles. The van der Waals surface area contributed by atoms with Crippen molar-refractivity contribution in [2.45, 2.75) is 24.4 Å². The summed E-state index contributed by atoms with van der Waals surface area (Å²) < 4.78 is 15.8. The Balaban J connectivity index is 1.50. The van der Waals surface area contributed by atoms with Crippen LogP contribution in [0.15, 0.2) is 23.4 Å². The van der Waals surface area contributed by atoms with Gasteiger partial charge in [-0.3, -0.25) is 4.79 Å². The molecule has 1 fully saturated rings. The minimum atomic E-state index is -0.297. The largest absolute Gasteiger partial charge is 0.369 e. The maximum atomic E-state index is 14.2. The summed E-state index contributed by atoms with van der Waals surface area (Å²) in [6, 6.07) is 4.86. The number of hydrogen-bond donors (Lipinski definition) is 1. The molecular weight excluding hydrogens is 331 g/mol. The quantitative estimate of drug-likeness (QED) is 0.804. The SMILES string of the molecule is Cn1nnnc1SCCC(=O)Nc1ccc(N2CCCC2)c(F)c1. The average molecular weight is 350 g/mol. The van der Waals surface area contributed by atoms with Crippen LogP contribution in [-0.2, 0) is 11.8 Å². The van der Waals surface area contributed by atoms with Crippen molar-refractivity contribution >= 4 is 29.0 Å².